The highest BCUT2D eigenvalue weighted by Gasteiger charge is 2.10. The topological polar surface area (TPSA) is 72.2 Å². The molecule has 2 aromatic carbocycles. The maximum absolute atomic E-state index is 11.9. The average Bonchev–Trinajstić information content (AvgIpc) is 2.43. The molecule has 21 heavy (non-hydrogen) atoms. The molecule has 0 aliphatic carbocycles. The van der Waals surface area contributed by atoms with E-state index in [0.29, 0.717) is 22.2 Å². The number of amides is 1. The van der Waals surface area contributed by atoms with E-state index < -0.39 is 10.8 Å². The van der Waals surface area contributed by atoms with Gasteiger partial charge in [-0.15, -0.1) is 0 Å². The molecule has 0 fully saturated rings. The number of halogens is 1. The molecule has 3 N–H and O–H groups in total. The second kappa shape index (κ2) is 7.24. The Labute approximate surface area is 130 Å². The van der Waals surface area contributed by atoms with E-state index in [1.165, 1.54) is 0 Å². The van der Waals surface area contributed by atoms with Crippen molar-refractivity contribution in [1.82, 2.24) is 0 Å². The van der Waals surface area contributed by atoms with Crippen molar-refractivity contribution in [3.8, 4) is 0 Å². The third-order valence-corrected chi connectivity index (χ3v) is 4.28. The Kier molecular flexibility index (Phi) is 5.36. The minimum atomic E-state index is -1.27. The number of nitrogen functional groups attached to an aromatic ring is 1. The number of rotatable bonds is 5. The molecule has 0 aliphatic heterocycles. The van der Waals surface area contributed by atoms with Gasteiger partial charge in [0.25, 0.3) is 0 Å². The molecular weight excluding hydrogens is 308 g/mol. The highest BCUT2D eigenvalue weighted by Crippen LogP contribution is 2.23. The van der Waals surface area contributed by atoms with Crippen molar-refractivity contribution in [3.63, 3.8) is 0 Å². The van der Waals surface area contributed by atoms with Gasteiger partial charge >= 0.3 is 0 Å². The molecule has 0 bridgehead atoms. The van der Waals surface area contributed by atoms with Gasteiger partial charge in [0, 0.05) is 22.2 Å². The number of hydrogen-bond acceptors (Lipinski definition) is 3. The van der Waals surface area contributed by atoms with Gasteiger partial charge in [0.1, 0.15) is 5.75 Å². The lowest BCUT2D eigenvalue weighted by molar-refractivity contribution is -0.113. The van der Waals surface area contributed by atoms with Crippen molar-refractivity contribution in [3.05, 3.63) is 59.1 Å². The van der Waals surface area contributed by atoms with Gasteiger partial charge in [-0.2, -0.15) is 0 Å². The van der Waals surface area contributed by atoms with E-state index in [2.05, 4.69) is 5.32 Å². The zero-order valence-electron chi connectivity index (χ0n) is 11.2. The summed E-state index contributed by atoms with van der Waals surface area (Å²) in [6.07, 6.45) is 0. The molecule has 6 heteroatoms. The quantitative estimate of drug-likeness (QED) is 0.831. The van der Waals surface area contributed by atoms with E-state index >= 15 is 0 Å². The SMILES string of the molecule is Nc1ccc(NC(=O)CS(=O)Cc2ccccc2)c(Cl)c1. The van der Waals surface area contributed by atoms with Crippen LogP contribution in [-0.4, -0.2) is 15.9 Å². The van der Waals surface area contributed by atoms with Gasteiger partial charge in [-0.3, -0.25) is 9.00 Å². The van der Waals surface area contributed by atoms with Crippen LogP contribution in [0, 0.1) is 0 Å². The summed E-state index contributed by atoms with van der Waals surface area (Å²) in [7, 11) is -1.27. The van der Waals surface area contributed by atoms with E-state index in [4.69, 9.17) is 17.3 Å². The zero-order valence-corrected chi connectivity index (χ0v) is 12.8. The highest BCUT2D eigenvalue weighted by molar-refractivity contribution is 7.84. The number of nitrogens with one attached hydrogen (secondary N) is 1. The smallest absolute Gasteiger partial charge is 0.237 e. The van der Waals surface area contributed by atoms with Crippen molar-refractivity contribution in [2.45, 2.75) is 5.75 Å². The Morgan fingerprint density at radius 3 is 2.57 bits per heavy atom. The van der Waals surface area contributed by atoms with Crippen molar-refractivity contribution in [2.24, 2.45) is 0 Å². The first-order chi connectivity index (χ1) is 10.0. The second-order valence-corrected chi connectivity index (χ2v) is 6.37. The van der Waals surface area contributed by atoms with Crippen molar-refractivity contribution >= 4 is 39.7 Å². The normalized spacial score (nSPS) is 11.9. The summed E-state index contributed by atoms with van der Waals surface area (Å²) in [4.78, 5) is 11.9. The molecule has 1 unspecified atom stereocenters. The van der Waals surface area contributed by atoms with Crippen LogP contribution in [0.5, 0.6) is 0 Å². The van der Waals surface area contributed by atoms with E-state index in [0.717, 1.165) is 5.56 Å². The van der Waals surface area contributed by atoms with Gasteiger partial charge in [0.15, 0.2) is 0 Å². The lowest BCUT2D eigenvalue weighted by Crippen LogP contribution is -2.20. The van der Waals surface area contributed by atoms with Crippen molar-refractivity contribution in [2.75, 3.05) is 16.8 Å². The average molecular weight is 323 g/mol. The summed E-state index contributed by atoms with van der Waals surface area (Å²) in [5.41, 5.74) is 7.50. The first-order valence-electron chi connectivity index (χ1n) is 6.28. The lowest BCUT2D eigenvalue weighted by Gasteiger charge is -2.08. The third kappa shape index (κ3) is 4.88. The largest absolute Gasteiger partial charge is 0.399 e. The van der Waals surface area contributed by atoms with Gasteiger partial charge in [0.2, 0.25) is 5.91 Å². The molecule has 2 rings (SSSR count). The Balaban J connectivity index is 1.91. The van der Waals surface area contributed by atoms with Gasteiger partial charge in [-0.1, -0.05) is 41.9 Å². The minimum absolute atomic E-state index is 0.0738. The molecule has 0 aliphatic rings. The third-order valence-electron chi connectivity index (χ3n) is 2.73. The van der Waals surface area contributed by atoms with Gasteiger partial charge in [-0.25, -0.2) is 0 Å². The highest BCUT2D eigenvalue weighted by atomic mass is 35.5. The standard InChI is InChI=1S/C15H15ClN2O2S/c16-13-8-12(17)6-7-14(13)18-15(19)10-21(20)9-11-4-2-1-3-5-11/h1-8H,9-10,17H2,(H,18,19). The Hall–Kier alpha value is -1.85. The first kappa shape index (κ1) is 15.5. The van der Waals surface area contributed by atoms with Gasteiger partial charge < -0.3 is 11.1 Å². The molecule has 0 saturated heterocycles. The summed E-state index contributed by atoms with van der Waals surface area (Å²) in [6.45, 7) is 0. The van der Waals surface area contributed by atoms with Crippen LogP contribution in [0.3, 0.4) is 0 Å². The number of hydrogen-bond donors (Lipinski definition) is 2. The molecule has 4 nitrogen and oxygen atoms in total. The fourth-order valence-electron chi connectivity index (χ4n) is 1.78. The maximum atomic E-state index is 11.9. The lowest BCUT2D eigenvalue weighted by atomic mass is 10.2. The number of nitrogens with two attached hydrogens (primary N) is 1. The van der Waals surface area contributed by atoms with Crippen LogP contribution in [-0.2, 0) is 21.3 Å². The van der Waals surface area contributed by atoms with Crippen LogP contribution < -0.4 is 11.1 Å². The number of benzene rings is 2. The Morgan fingerprint density at radius 1 is 1.19 bits per heavy atom. The van der Waals surface area contributed by atoms with Crippen LogP contribution in [0.25, 0.3) is 0 Å². The fourth-order valence-corrected chi connectivity index (χ4v) is 3.04. The zero-order chi connectivity index (χ0) is 15.2. The molecule has 0 saturated carbocycles. The summed E-state index contributed by atoms with van der Waals surface area (Å²) >= 11 is 5.97. The van der Waals surface area contributed by atoms with E-state index in [9.17, 15) is 9.00 Å². The van der Waals surface area contributed by atoms with E-state index in [1.807, 2.05) is 30.3 Å². The number of carbonyl (C=O) groups excluding carboxylic acids is 1. The van der Waals surface area contributed by atoms with Gasteiger partial charge in [0.05, 0.1) is 10.7 Å². The first-order valence-corrected chi connectivity index (χ1v) is 8.15. The van der Waals surface area contributed by atoms with E-state index in [1.54, 1.807) is 18.2 Å². The van der Waals surface area contributed by atoms with Crippen molar-refractivity contribution < 1.29 is 9.00 Å². The summed E-state index contributed by atoms with van der Waals surface area (Å²) < 4.78 is 11.9. The monoisotopic (exact) mass is 322 g/mol. The number of anilines is 2. The molecular formula is C15H15ClN2O2S. The van der Waals surface area contributed by atoms with Crippen LogP contribution in [0.15, 0.2) is 48.5 Å². The minimum Gasteiger partial charge on any atom is -0.399 e. The summed E-state index contributed by atoms with van der Waals surface area (Å²) in [6, 6.07) is 14.2. The van der Waals surface area contributed by atoms with Crippen LogP contribution in [0.1, 0.15) is 5.56 Å². The van der Waals surface area contributed by atoms with Gasteiger partial charge in [-0.05, 0) is 23.8 Å². The predicted molar refractivity (Wildman–Crippen MR) is 87.6 cm³/mol. The molecule has 0 heterocycles. The molecule has 0 spiro atoms. The molecule has 2 aromatic rings. The summed E-state index contributed by atoms with van der Waals surface area (Å²) in [5, 5.41) is 2.99. The van der Waals surface area contributed by atoms with Crippen LogP contribution in [0.2, 0.25) is 5.02 Å². The Morgan fingerprint density at radius 2 is 1.90 bits per heavy atom. The van der Waals surface area contributed by atoms with Crippen molar-refractivity contribution in [1.29, 1.82) is 0 Å². The molecule has 110 valence electrons. The predicted octanol–water partition coefficient (Wildman–Crippen LogP) is 2.81. The summed E-state index contributed by atoms with van der Waals surface area (Å²) in [5.74, 6) is -0.0600. The maximum Gasteiger partial charge on any atom is 0.237 e. The molecule has 1 amide bonds. The molecule has 0 radical (unpaired) electrons. The fraction of sp³-hybridized carbons (Fsp3) is 0.133. The molecule has 0 aromatic heterocycles. The Bertz CT molecular complexity index is 662. The number of carbonyl (C=O) groups is 1. The molecule has 1 atom stereocenters. The van der Waals surface area contributed by atoms with E-state index in [-0.39, 0.29) is 11.7 Å². The van der Waals surface area contributed by atoms with Crippen LogP contribution in [0.4, 0.5) is 11.4 Å². The van der Waals surface area contributed by atoms with Crippen LogP contribution >= 0.6 is 11.6 Å². The second-order valence-electron chi connectivity index (χ2n) is 4.50.